The fourth-order valence-electron chi connectivity index (χ4n) is 2.02. The molecule has 2 aliphatic heterocycles. The van der Waals surface area contributed by atoms with Crippen LogP contribution in [0, 0.1) is 44.1 Å². The van der Waals surface area contributed by atoms with Gasteiger partial charge in [0.25, 0.3) is 5.91 Å². The maximum absolute atomic E-state index is 11.9. The summed E-state index contributed by atoms with van der Waals surface area (Å²) < 4.78 is 0. The third-order valence-electron chi connectivity index (χ3n) is 2.88. The first-order chi connectivity index (χ1) is 9.01. The molecule has 10 heteroatoms. The summed E-state index contributed by atoms with van der Waals surface area (Å²) in [6, 6.07) is -0.704. The van der Waals surface area contributed by atoms with E-state index in [9.17, 15) is 14.4 Å². The average Bonchev–Trinajstić information content (AvgIpc) is 2.42. The molecule has 20 heavy (non-hydrogen) atoms. The Morgan fingerprint density at radius 1 is 1.50 bits per heavy atom. The number of nitrogens with zero attached hydrogens (tertiary/aromatic N) is 1. The maximum Gasteiger partial charge on any atom is 0.352 e. The van der Waals surface area contributed by atoms with E-state index >= 15 is 0 Å². The summed E-state index contributed by atoms with van der Waals surface area (Å²) in [6.07, 6.45) is 0. The number of carbonyl (C=O) groups excluding carboxylic acids is 2. The molecule has 0 aromatic rings. The molecule has 2 aliphatic rings. The number of amides is 2. The van der Waals surface area contributed by atoms with Crippen molar-refractivity contribution in [1.29, 1.82) is 0 Å². The summed E-state index contributed by atoms with van der Waals surface area (Å²) in [7, 11) is 0. The summed E-state index contributed by atoms with van der Waals surface area (Å²) >= 11 is 4.31. The van der Waals surface area contributed by atoms with Gasteiger partial charge in [-0.15, -0.1) is 11.8 Å². The van der Waals surface area contributed by atoms with E-state index in [0.717, 1.165) is 4.90 Å². The van der Waals surface area contributed by atoms with E-state index in [2.05, 4.69) is 21.2 Å². The molecule has 1 fully saturated rings. The molecule has 0 aromatic heterocycles. The average molecular weight is 578 g/mol. The van der Waals surface area contributed by atoms with Crippen molar-refractivity contribution in [3.63, 3.8) is 0 Å². The Morgan fingerprint density at radius 2 is 2.15 bits per heavy atom. The van der Waals surface area contributed by atoms with Crippen LogP contribution in [0.25, 0.3) is 0 Å². The maximum atomic E-state index is 11.9. The molecule has 0 bridgehead atoms. The number of alkyl halides is 1. The first-order valence-corrected chi connectivity index (χ1v) is 7.54. The van der Waals surface area contributed by atoms with Gasteiger partial charge >= 0.3 is 5.97 Å². The van der Waals surface area contributed by atoms with E-state index in [4.69, 9.17) is 10.2 Å². The van der Waals surface area contributed by atoms with E-state index in [0.29, 0.717) is 11.3 Å². The molecular weight excluding hydrogens is 567 g/mol. The van der Waals surface area contributed by atoms with Crippen molar-refractivity contribution in [2.24, 2.45) is 0 Å². The van der Waals surface area contributed by atoms with Crippen LogP contribution in [0.5, 0.6) is 0 Å². The summed E-state index contributed by atoms with van der Waals surface area (Å²) in [5.41, 5.74) is 0.146. The van der Waals surface area contributed by atoms with Crippen LogP contribution in [-0.2, 0) is 14.4 Å². The van der Waals surface area contributed by atoms with Gasteiger partial charge in [-0.2, -0.15) is 0 Å². The number of aliphatic hydroxyl groups is 1. The minimum Gasteiger partial charge on any atom is -0.477 e. The quantitative estimate of drug-likeness (QED) is 0.296. The number of aliphatic hydroxyl groups excluding tert-OH is 1. The Morgan fingerprint density at radius 3 is 2.65 bits per heavy atom. The minimum absolute atomic E-state index is 0. The monoisotopic (exact) mass is 577 g/mol. The summed E-state index contributed by atoms with van der Waals surface area (Å²) in [4.78, 5) is 35.5. The third-order valence-corrected chi connectivity index (χ3v) is 4.73. The largest absolute Gasteiger partial charge is 0.477 e. The number of halogens is 1. The number of β-lactam (4-membered cyclic amide) rings is 1. The molecule has 107 valence electrons. The number of thioether (sulfide) groups is 1. The number of nitrogens with one attached hydrogen (secondary N) is 1. The SMILES string of the molecule is O=C(CBr)NC1C(=O)N2C(C(=O)O)=C(CO)CSC12.[Ac]. The molecule has 3 N–H and O–H groups in total. The van der Waals surface area contributed by atoms with Gasteiger partial charge in [-0.05, 0) is 5.57 Å². The minimum atomic E-state index is -1.24. The standard InChI is InChI=1S/C10H11BrN2O5S.Ac/c11-1-5(15)12-6-8(16)13-7(10(17)18)4(2-14)3-19-9(6)13;/h6,9,14H,1-3H2,(H,12,15)(H,17,18);. The molecule has 2 atom stereocenters. The number of carbonyl (C=O) groups is 3. The molecule has 0 spiro atoms. The number of carboxylic acids is 1. The molecule has 2 rings (SSSR count). The van der Waals surface area contributed by atoms with Gasteiger partial charge in [-0.3, -0.25) is 14.5 Å². The van der Waals surface area contributed by atoms with Crippen molar-refractivity contribution in [1.82, 2.24) is 10.2 Å². The molecule has 1 radical (unpaired) electrons. The van der Waals surface area contributed by atoms with E-state index in [1.807, 2.05) is 0 Å². The summed E-state index contributed by atoms with van der Waals surface area (Å²) in [5.74, 6) is -1.71. The molecule has 0 aromatic carbocycles. The van der Waals surface area contributed by atoms with Crippen molar-refractivity contribution >= 4 is 45.5 Å². The molecule has 0 aliphatic carbocycles. The van der Waals surface area contributed by atoms with Crippen LogP contribution in [0.2, 0.25) is 0 Å². The topological polar surface area (TPSA) is 107 Å². The normalized spacial score (nSPS) is 24.5. The van der Waals surface area contributed by atoms with Crippen LogP contribution in [0.1, 0.15) is 0 Å². The number of aliphatic carboxylic acids is 1. The molecule has 0 saturated carbocycles. The Bertz CT molecular complexity index is 486. The Labute approximate surface area is 163 Å². The predicted octanol–water partition coefficient (Wildman–Crippen LogP) is -0.888. The number of hydrogen-bond acceptors (Lipinski definition) is 5. The summed E-state index contributed by atoms with van der Waals surface area (Å²) in [6.45, 7) is -0.399. The smallest absolute Gasteiger partial charge is 0.352 e. The van der Waals surface area contributed by atoms with Crippen molar-refractivity contribution < 1.29 is 68.7 Å². The van der Waals surface area contributed by atoms with Gasteiger partial charge in [0.05, 0.1) is 11.9 Å². The second-order valence-corrected chi connectivity index (χ2v) is 5.67. The first kappa shape index (κ1) is 18.4. The molecule has 2 unspecified atom stereocenters. The number of carboxylic acid groups (broad SMARTS) is 1. The number of hydrogen-bond donors (Lipinski definition) is 3. The van der Waals surface area contributed by atoms with Crippen molar-refractivity contribution in [3.8, 4) is 0 Å². The van der Waals surface area contributed by atoms with E-state index in [1.165, 1.54) is 11.8 Å². The van der Waals surface area contributed by atoms with Crippen LogP contribution >= 0.6 is 27.7 Å². The molecular formula is C10H11AcBrN2O5S. The fraction of sp³-hybridized carbons (Fsp3) is 0.500. The van der Waals surface area contributed by atoms with Gasteiger partial charge in [-0.25, -0.2) is 4.79 Å². The van der Waals surface area contributed by atoms with E-state index < -0.39 is 29.9 Å². The van der Waals surface area contributed by atoms with Crippen LogP contribution in [0.4, 0.5) is 0 Å². The fourth-order valence-corrected chi connectivity index (χ4v) is 3.51. The van der Waals surface area contributed by atoms with Crippen molar-refractivity contribution in [3.05, 3.63) is 11.3 Å². The second kappa shape index (κ2) is 7.59. The van der Waals surface area contributed by atoms with Crippen LogP contribution in [0.15, 0.2) is 11.3 Å². The molecule has 1 saturated heterocycles. The zero-order chi connectivity index (χ0) is 14.2. The van der Waals surface area contributed by atoms with Crippen molar-refractivity contribution in [2.45, 2.75) is 11.4 Å². The third kappa shape index (κ3) is 3.24. The van der Waals surface area contributed by atoms with Crippen LogP contribution in [0.3, 0.4) is 0 Å². The van der Waals surface area contributed by atoms with Gasteiger partial charge in [0.15, 0.2) is 0 Å². The predicted molar refractivity (Wildman–Crippen MR) is 70.6 cm³/mol. The zero-order valence-electron chi connectivity index (χ0n) is 10.2. The number of rotatable bonds is 4. The van der Waals surface area contributed by atoms with Gasteiger partial charge in [0.1, 0.15) is 17.1 Å². The van der Waals surface area contributed by atoms with Crippen molar-refractivity contribution in [2.75, 3.05) is 17.7 Å². The van der Waals surface area contributed by atoms with Crippen LogP contribution < -0.4 is 5.32 Å². The van der Waals surface area contributed by atoms with Gasteiger partial charge < -0.3 is 15.5 Å². The Hall–Kier alpha value is 0.382. The number of fused-ring (bicyclic) bond motifs is 1. The summed E-state index contributed by atoms with van der Waals surface area (Å²) in [5, 5.41) is 20.4. The zero-order valence-corrected chi connectivity index (χ0v) is 17.4. The van der Waals surface area contributed by atoms with Gasteiger partial charge in [-0.1, -0.05) is 15.9 Å². The van der Waals surface area contributed by atoms with E-state index in [1.54, 1.807) is 0 Å². The Balaban J connectivity index is 0.00000200. The van der Waals surface area contributed by atoms with Crippen LogP contribution in [-0.4, -0.2) is 62.0 Å². The second-order valence-electron chi connectivity index (χ2n) is 4.00. The van der Waals surface area contributed by atoms with Gasteiger partial charge in [0.2, 0.25) is 5.91 Å². The van der Waals surface area contributed by atoms with Gasteiger partial charge in [0, 0.05) is 49.8 Å². The molecule has 2 amide bonds. The first-order valence-electron chi connectivity index (χ1n) is 5.37. The van der Waals surface area contributed by atoms with E-state index in [-0.39, 0.29) is 61.0 Å². The molecule has 2 heterocycles. The Kier molecular flexibility index (Phi) is 6.99. The molecule has 7 nitrogen and oxygen atoms in total.